The number of carbonyl (C=O) groups excluding carboxylic acids is 1. The Kier molecular flexibility index (Phi) is 4.36. The van der Waals surface area contributed by atoms with Gasteiger partial charge in [0.1, 0.15) is 11.4 Å². The second-order valence-corrected chi connectivity index (χ2v) is 5.72. The number of fused-ring (bicyclic) bond motifs is 1. The van der Waals surface area contributed by atoms with E-state index in [0.29, 0.717) is 22.8 Å². The largest absolute Gasteiger partial charge is 0.347 e. The standard InChI is InChI=1S/C18H14ClFN2O2/c1-2-22-10-15(17(23)14-9-12(20)6-7-16(14)22)18(24)21-13-5-3-4-11(19)8-13/h3-10H,2H2,1H3,(H,21,24). The highest BCUT2D eigenvalue weighted by Crippen LogP contribution is 2.17. The van der Waals surface area contributed by atoms with E-state index in [4.69, 9.17) is 11.6 Å². The van der Waals surface area contributed by atoms with Crippen molar-refractivity contribution in [2.45, 2.75) is 13.5 Å². The molecule has 0 radical (unpaired) electrons. The summed E-state index contributed by atoms with van der Waals surface area (Å²) in [6, 6.07) is 10.6. The van der Waals surface area contributed by atoms with Gasteiger partial charge in [-0.25, -0.2) is 4.39 Å². The van der Waals surface area contributed by atoms with Gasteiger partial charge in [-0.05, 0) is 43.3 Å². The van der Waals surface area contributed by atoms with E-state index in [9.17, 15) is 14.0 Å². The van der Waals surface area contributed by atoms with E-state index in [-0.39, 0.29) is 10.9 Å². The second kappa shape index (κ2) is 6.45. The minimum absolute atomic E-state index is 0.0464. The van der Waals surface area contributed by atoms with Crippen LogP contribution in [0.4, 0.5) is 10.1 Å². The molecular formula is C18H14ClFN2O2. The molecule has 0 unspecified atom stereocenters. The molecule has 3 aromatic rings. The van der Waals surface area contributed by atoms with E-state index in [1.807, 2.05) is 6.92 Å². The smallest absolute Gasteiger partial charge is 0.261 e. The van der Waals surface area contributed by atoms with E-state index in [1.165, 1.54) is 18.3 Å². The normalized spacial score (nSPS) is 10.8. The Hall–Kier alpha value is -2.66. The zero-order valence-electron chi connectivity index (χ0n) is 12.8. The van der Waals surface area contributed by atoms with Crippen LogP contribution in [-0.2, 0) is 6.54 Å². The van der Waals surface area contributed by atoms with E-state index < -0.39 is 17.2 Å². The molecule has 1 N–H and O–H groups in total. The van der Waals surface area contributed by atoms with Crippen LogP contribution < -0.4 is 10.7 Å². The molecule has 0 aliphatic rings. The molecule has 0 aliphatic carbocycles. The minimum Gasteiger partial charge on any atom is -0.347 e. The molecule has 3 rings (SSSR count). The lowest BCUT2D eigenvalue weighted by atomic mass is 10.1. The predicted octanol–water partition coefficient (Wildman–Crippen LogP) is 4.07. The number of nitrogens with zero attached hydrogens (tertiary/aromatic N) is 1. The molecule has 122 valence electrons. The fourth-order valence-electron chi connectivity index (χ4n) is 2.56. The topological polar surface area (TPSA) is 51.1 Å². The summed E-state index contributed by atoms with van der Waals surface area (Å²) in [4.78, 5) is 25.1. The maximum absolute atomic E-state index is 13.5. The highest BCUT2D eigenvalue weighted by molar-refractivity contribution is 6.31. The SMILES string of the molecule is CCn1cc(C(=O)Nc2cccc(Cl)c2)c(=O)c2cc(F)ccc21. The van der Waals surface area contributed by atoms with Crippen LogP contribution in [0.25, 0.3) is 10.9 Å². The minimum atomic E-state index is -0.560. The molecule has 0 fully saturated rings. The first-order chi connectivity index (χ1) is 11.5. The number of hydrogen-bond donors (Lipinski definition) is 1. The molecule has 0 atom stereocenters. The molecule has 6 heteroatoms. The van der Waals surface area contributed by atoms with Crippen LogP contribution in [0.15, 0.2) is 53.5 Å². The van der Waals surface area contributed by atoms with Crippen molar-refractivity contribution in [3.8, 4) is 0 Å². The summed E-state index contributed by atoms with van der Waals surface area (Å²) in [7, 11) is 0. The predicted molar refractivity (Wildman–Crippen MR) is 93.2 cm³/mol. The highest BCUT2D eigenvalue weighted by Gasteiger charge is 2.16. The first-order valence-corrected chi connectivity index (χ1v) is 7.77. The van der Waals surface area contributed by atoms with Crippen LogP contribution in [0.1, 0.15) is 17.3 Å². The average molecular weight is 345 g/mol. The number of nitrogens with one attached hydrogen (secondary N) is 1. The Morgan fingerprint density at radius 1 is 1.25 bits per heavy atom. The van der Waals surface area contributed by atoms with Crippen LogP contribution in [0.3, 0.4) is 0 Å². The molecule has 0 spiro atoms. The van der Waals surface area contributed by atoms with Crippen LogP contribution >= 0.6 is 11.6 Å². The fraction of sp³-hybridized carbons (Fsp3) is 0.111. The molecule has 0 saturated heterocycles. The fourth-order valence-corrected chi connectivity index (χ4v) is 2.75. The van der Waals surface area contributed by atoms with E-state index >= 15 is 0 Å². The number of halogens is 2. The maximum atomic E-state index is 13.5. The maximum Gasteiger partial charge on any atom is 0.261 e. The third-order valence-electron chi connectivity index (χ3n) is 3.71. The number of hydrogen-bond acceptors (Lipinski definition) is 2. The summed E-state index contributed by atoms with van der Waals surface area (Å²) in [5, 5.41) is 3.29. The van der Waals surface area contributed by atoms with Crippen LogP contribution in [0, 0.1) is 5.82 Å². The molecule has 1 heterocycles. The Morgan fingerprint density at radius 3 is 2.75 bits per heavy atom. The van der Waals surface area contributed by atoms with Crippen molar-refractivity contribution >= 4 is 34.1 Å². The third-order valence-corrected chi connectivity index (χ3v) is 3.95. The summed E-state index contributed by atoms with van der Waals surface area (Å²) in [5.74, 6) is -1.08. The van der Waals surface area contributed by atoms with Crippen LogP contribution in [-0.4, -0.2) is 10.5 Å². The number of pyridine rings is 1. The third kappa shape index (κ3) is 3.03. The molecule has 2 aromatic carbocycles. The molecule has 24 heavy (non-hydrogen) atoms. The van der Waals surface area contributed by atoms with Crippen molar-refractivity contribution in [2.75, 3.05) is 5.32 Å². The van der Waals surface area contributed by atoms with Gasteiger partial charge in [-0.15, -0.1) is 0 Å². The zero-order chi connectivity index (χ0) is 17.3. The van der Waals surface area contributed by atoms with Crippen molar-refractivity contribution < 1.29 is 9.18 Å². The zero-order valence-corrected chi connectivity index (χ0v) is 13.6. The summed E-state index contributed by atoms with van der Waals surface area (Å²) in [6.45, 7) is 2.42. The van der Waals surface area contributed by atoms with Gasteiger partial charge in [0.25, 0.3) is 5.91 Å². The molecule has 4 nitrogen and oxygen atoms in total. The number of benzene rings is 2. The van der Waals surface area contributed by atoms with Crippen molar-refractivity contribution in [1.82, 2.24) is 4.57 Å². The number of rotatable bonds is 3. The van der Waals surface area contributed by atoms with Gasteiger partial charge in [0.15, 0.2) is 0 Å². The molecule has 1 aromatic heterocycles. The van der Waals surface area contributed by atoms with Gasteiger partial charge in [-0.2, -0.15) is 0 Å². The summed E-state index contributed by atoms with van der Waals surface area (Å²) < 4.78 is 15.3. The molecule has 1 amide bonds. The molecule has 0 bridgehead atoms. The summed E-state index contributed by atoms with van der Waals surface area (Å²) in [6.07, 6.45) is 1.49. The van der Waals surface area contributed by atoms with Gasteiger partial charge in [-0.1, -0.05) is 17.7 Å². The monoisotopic (exact) mass is 344 g/mol. The van der Waals surface area contributed by atoms with Gasteiger partial charge >= 0.3 is 0 Å². The molecular weight excluding hydrogens is 331 g/mol. The molecule has 0 saturated carbocycles. The Bertz CT molecular complexity index is 998. The number of carbonyl (C=O) groups is 1. The highest BCUT2D eigenvalue weighted by atomic mass is 35.5. The average Bonchev–Trinajstić information content (AvgIpc) is 2.55. The first kappa shape index (κ1) is 16.2. The first-order valence-electron chi connectivity index (χ1n) is 7.39. The van der Waals surface area contributed by atoms with Crippen LogP contribution in [0.2, 0.25) is 5.02 Å². The number of anilines is 1. The van der Waals surface area contributed by atoms with E-state index in [2.05, 4.69) is 5.32 Å². The van der Waals surface area contributed by atoms with Crippen molar-refractivity contribution in [2.24, 2.45) is 0 Å². The van der Waals surface area contributed by atoms with Crippen molar-refractivity contribution in [3.63, 3.8) is 0 Å². The Morgan fingerprint density at radius 2 is 2.04 bits per heavy atom. The summed E-state index contributed by atoms with van der Waals surface area (Å²) >= 11 is 5.89. The van der Waals surface area contributed by atoms with Gasteiger partial charge in [0, 0.05) is 28.8 Å². The summed E-state index contributed by atoms with van der Waals surface area (Å²) in [5.41, 5.74) is 0.515. The van der Waals surface area contributed by atoms with Crippen molar-refractivity contribution in [3.05, 3.63) is 75.3 Å². The lowest BCUT2D eigenvalue weighted by molar-refractivity contribution is 0.102. The van der Waals surface area contributed by atoms with Crippen LogP contribution in [0.5, 0.6) is 0 Å². The van der Waals surface area contributed by atoms with E-state index in [0.717, 1.165) is 6.07 Å². The second-order valence-electron chi connectivity index (χ2n) is 5.28. The molecule has 0 aliphatic heterocycles. The van der Waals surface area contributed by atoms with Gasteiger partial charge in [0.2, 0.25) is 5.43 Å². The van der Waals surface area contributed by atoms with Gasteiger partial charge in [0.05, 0.1) is 5.52 Å². The van der Waals surface area contributed by atoms with Gasteiger partial charge < -0.3 is 9.88 Å². The Labute approximate surface area is 142 Å². The van der Waals surface area contributed by atoms with Gasteiger partial charge in [-0.3, -0.25) is 9.59 Å². The number of aromatic nitrogens is 1. The number of aryl methyl sites for hydroxylation is 1. The quantitative estimate of drug-likeness (QED) is 0.778. The number of amides is 1. The Balaban J connectivity index is 2.10. The lowest BCUT2D eigenvalue weighted by Gasteiger charge is -2.12. The lowest BCUT2D eigenvalue weighted by Crippen LogP contribution is -2.24. The van der Waals surface area contributed by atoms with Crippen molar-refractivity contribution in [1.29, 1.82) is 0 Å². The van der Waals surface area contributed by atoms with E-state index in [1.54, 1.807) is 28.8 Å².